The van der Waals surface area contributed by atoms with Crippen molar-refractivity contribution in [3.05, 3.63) is 58.3 Å². The molecule has 0 radical (unpaired) electrons. The lowest BCUT2D eigenvalue weighted by Crippen LogP contribution is -2.36. The Bertz CT molecular complexity index is 1000. The summed E-state index contributed by atoms with van der Waals surface area (Å²) in [6.45, 7) is 5.79. The highest BCUT2D eigenvalue weighted by molar-refractivity contribution is 5.88. The number of hydrogen-bond donors (Lipinski definition) is 0. The van der Waals surface area contributed by atoms with E-state index in [2.05, 4.69) is 25.9 Å². The van der Waals surface area contributed by atoms with Gasteiger partial charge in [-0.15, -0.1) is 0 Å². The van der Waals surface area contributed by atoms with E-state index in [1.54, 1.807) is 6.07 Å². The number of para-hydroxylation sites is 1. The number of carbonyl (C=O) groups excluding carboxylic acids is 2. The standard InChI is InChI=1S/C23H27FN2O5/c1-14(2)16-9-8-15(3)12-20(16)31-22(28)13-30-23(29)18-10-11-21(27)26(25-18)19-7-5-4-6-17(19)24/h4-7,10-11,14-16,20H,8-9,12-13H2,1-3H3. The number of nitrogens with zero attached hydrogens (tertiary/aromatic N) is 2. The first-order chi connectivity index (χ1) is 14.8. The second-order valence-corrected chi connectivity index (χ2v) is 8.35. The van der Waals surface area contributed by atoms with E-state index >= 15 is 0 Å². The van der Waals surface area contributed by atoms with Gasteiger partial charge in [-0.1, -0.05) is 39.3 Å². The van der Waals surface area contributed by atoms with Crippen molar-refractivity contribution in [2.24, 2.45) is 17.8 Å². The average molecular weight is 430 g/mol. The molecule has 166 valence electrons. The van der Waals surface area contributed by atoms with Crippen LogP contribution >= 0.6 is 0 Å². The molecule has 8 heteroatoms. The molecule has 0 amide bonds. The number of carbonyl (C=O) groups is 2. The Morgan fingerprint density at radius 2 is 1.94 bits per heavy atom. The van der Waals surface area contributed by atoms with Gasteiger partial charge >= 0.3 is 11.9 Å². The van der Waals surface area contributed by atoms with E-state index in [0.717, 1.165) is 30.0 Å². The first-order valence-corrected chi connectivity index (χ1v) is 10.5. The van der Waals surface area contributed by atoms with Crippen molar-refractivity contribution < 1.29 is 23.5 Å². The molecule has 1 aliphatic rings. The van der Waals surface area contributed by atoms with Crippen LogP contribution in [0.4, 0.5) is 4.39 Å². The number of rotatable bonds is 6. The monoisotopic (exact) mass is 430 g/mol. The van der Waals surface area contributed by atoms with Gasteiger partial charge in [-0.3, -0.25) is 4.79 Å². The first kappa shape index (κ1) is 22.7. The van der Waals surface area contributed by atoms with Crippen molar-refractivity contribution in [2.75, 3.05) is 6.61 Å². The Morgan fingerprint density at radius 3 is 2.65 bits per heavy atom. The summed E-state index contributed by atoms with van der Waals surface area (Å²) < 4.78 is 25.4. The molecular weight excluding hydrogens is 403 g/mol. The van der Waals surface area contributed by atoms with Gasteiger partial charge in [0.25, 0.3) is 5.56 Å². The fraction of sp³-hybridized carbons (Fsp3) is 0.478. The highest BCUT2D eigenvalue weighted by Gasteiger charge is 2.33. The van der Waals surface area contributed by atoms with Crippen LogP contribution < -0.4 is 5.56 Å². The van der Waals surface area contributed by atoms with E-state index in [0.29, 0.717) is 11.8 Å². The van der Waals surface area contributed by atoms with E-state index < -0.39 is 29.9 Å². The molecule has 3 rings (SSSR count). The second-order valence-electron chi connectivity index (χ2n) is 8.35. The normalized spacial score (nSPS) is 21.0. The number of aromatic nitrogens is 2. The first-order valence-electron chi connectivity index (χ1n) is 10.5. The predicted molar refractivity (Wildman–Crippen MR) is 111 cm³/mol. The smallest absolute Gasteiger partial charge is 0.359 e. The maximum absolute atomic E-state index is 14.0. The van der Waals surface area contributed by atoms with Crippen LogP contribution in [-0.4, -0.2) is 34.4 Å². The Hall–Kier alpha value is -3.03. The highest BCUT2D eigenvalue weighted by atomic mass is 19.1. The van der Waals surface area contributed by atoms with Crippen LogP contribution in [0.2, 0.25) is 0 Å². The molecule has 0 aliphatic heterocycles. The number of esters is 2. The van der Waals surface area contributed by atoms with Gasteiger partial charge in [-0.05, 0) is 48.8 Å². The van der Waals surface area contributed by atoms with E-state index in [1.807, 2.05) is 0 Å². The van der Waals surface area contributed by atoms with E-state index in [4.69, 9.17) is 9.47 Å². The Balaban J connectivity index is 1.64. The zero-order chi connectivity index (χ0) is 22.5. The third-order valence-electron chi connectivity index (χ3n) is 5.66. The Kier molecular flexibility index (Phi) is 7.20. The van der Waals surface area contributed by atoms with Crippen LogP contribution in [0.15, 0.2) is 41.2 Å². The predicted octanol–water partition coefficient (Wildman–Crippen LogP) is 3.53. The maximum Gasteiger partial charge on any atom is 0.359 e. The van der Waals surface area contributed by atoms with Crippen molar-refractivity contribution >= 4 is 11.9 Å². The molecule has 1 aliphatic carbocycles. The third-order valence-corrected chi connectivity index (χ3v) is 5.66. The minimum Gasteiger partial charge on any atom is -0.460 e. The largest absolute Gasteiger partial charge is 0.460 e. The summed E-state index contributed by atoms with van der Waals surface area (Å²) in [6.07, 6.45) is 2.70. The Morgan fingerprint density at radius 1 is 1.19 bits per heavy atom. The molecule has 0 N–H and O–H groups in total. The van der Waals surface area contributed by atoms with E-state index in [1.165, 1.54) is 24.3 Å². The van der Waals surface area contributed by atoms with E-state index in [9.17, 15) is 18.8 Å². The fourth-order valence-electron chi connectivity index (χ4n) is 3.97. The van der Waals surface area contributed by atoms with Gasteiger partial charge in [0.2, 0.25) is 0 Å². The lowest BCUT2D eigenvalue weighted by molar-refractivity contribution is -0.159. The minimum absolute atomic E-state index is 0.0901. The van der Waals surface area contributed by atoms with Crippen LogP contribution in [0.1, 0.15) is 50.5 Å². The molecule has 1 heterocycles. The fourth-order valence-corrected chi connectivity index (χ4v) is 3.97. The molecule has 1 saturated carbocycles. The molecule has 1 aromatic carbocycles. The van der Waals surface area contributed by atoms with Gasteiger partial charge in [-0.25, -0.2) is 14.0 Å². The molecule has 2 aromatic rings. The van der Waals surface area contributed by atoms with Gasteiger partial charge < -0.3 is 9.47 Å². The van der Waals surface area contributed by atoms with Gasteiger partial charge in [-0.2, -0.15) is 9.78 Å². The van der Waals surface area contributed by atoms with Crippen LogP contribution in [0.25, 0.3) is 5.69 Å². The topological polar surface area (TPSA) is 87.5 Å². The summed E-state index contributed by atoms with van der Waals surface area (Å²) in [5, 5.41) is 3.88. The van der Waals surface area contributed by atoms with Crippen LogP contribution in [0.3, 0.4) is 0 Å². The van der Waals surface area contributed by atoms with Crippen LogP contribution in [-0.2, 0) is 14.3 Å². The molecule has 0 saturated heterocycles. The molecule has 7 nitrogen and oxygen atoms in total. The summed E-state index contributed by atoms with van der Waals surface area (Å²) >= 11 is 0. The summed E-state index contributed by atoms with van der Waals surface area (Å²) in [5.74, 6) is -1.05. The van der Waals surface area contributed by atoms with Crippen molar-refractivity contribution in [3.8, 4) is 5.69 Å². The molecule has 31 heavy (non-hydrogen) atoms. The molecule has 3 atom stereocenters. The number of halogens is 1. The maximum atomic E-state index is 14.0. The quantitative estimate of drug-likeness (QED) is 0.652. The minimum atomic E-state index is -0.903. The zero-order valence-corrected chi connectivity index (χ0v) is 17.9. The average Bonchev–Trinajstić information content (AvgIpc) is 2.73. The molecule has 0 bridgehead atoms. The third kappa shape index (κ3) is 5.57. The van der Waals surface area contributed by atoms with Crippen molar-refractivity contribution in [3.63, 3.8) is 0 Å². The van der Waals surface area contributed by atoms with Crippen LogP contribution in [0.5, 0.6) is 0 Å². The molecule has 1 aromatic heterocycles. The SMILES string of the molecule is CC1CCC(C(C)C)C(OC(=O)COC(=O)c2ccc(=O)n(-c3ccccc3F)n2)C1. The van der Waals surface area contributed by atoms with Gasteiger partial charge in [0.15, 0.2) is 12.3 Å². The Labute approximate surface area is 180 Å². The summed E-state index contributed by atoms with van der Waals surface area (Å²) in [4.78, 5) is 36.7. The van der Waals surface area contributed by atoms with Crippen LogP contribution in [0, 0.1) is 23.6 Å². The zero-order valence-electron chi connectivity index (χ0n) is 17.9. The highest BCUT2D eigenvalue weighted by Crippen LogP contribution is 2.35. The van der Waals surface area contributed by atoms with Crippen molar-refractivity contribution in [2.45, 2.75) is 46.1 Å². The molecule has 3 unspecified atom stereocenters. The molecular formula is C23H27FN2O5. The summed E-state index contributed by atoms with van der Waals surface area (Å²) in [5.41, 5.74) is -0.915. The van der Waals surface area contributed by atoms with Gasteiger partial charge in [0, 0.05) is 6.07 Å². The van der Waals surface area contributed by atoms with Gasteiger partial charge in [0.05, 0.1) is 0 Å². The lowest BCUT2D eigenvalue weighted by Gasteiger charge is -2.36. The molecule has 1 fully saturated rings. The number of hydrogen-bond acceptors (Lipinski definition) is 6. The summed E-state index contributed by atoms with van der Waals surface area (Å²) in [6, 6.07) is 7.83. The summed E-state index contributed by atoms with van der Waals surface area (Å²) in [7, 11) is 0. The van der Waals surface area contributed by atoms with Crippen molar-refractivity contribution in [1.29, 1.82) is 0 Å². The number of benzene rings is 1. The molecule has 0 spiro atoms. The lowest BCUT2D eigenvalue weighted by atomic mass is 9.75. The van der Waals surface area contributed by atoms with Crippen molar-refractivity contribution in [1.82, 2.24) is 9.78 Å². The second kappa shape index (κ2) is 9.85. The van der Waals surface area contributed by atoms with E-state index in [-0.39, 0.29) is 23.4 Å². The number of ether oxygens (including phenoxy) is 2. The van der Waals surface area contributed by atoms with Gasteiger partial charge in [0.1, 0.15) is 17.6 Å².